The average Bonchev–Trinajstić information content (AvgIpc) is 2.94. The summed E-state index contributed by atoms with van der Waals surface area (Å²) >= 11 is 0. The summed E-state index contributed by atoms with van der Waals surface area (Å²) in [5.41, 5.74) is 7.57. The van der Waals surface area contributed by atoms with Crippen molar-refractivity contribution in [1.82, 2.24) is 25.6 Å². The number of nitrogens with zero attached hydrogens (tertiary/aromatic N) is 4. The van der Waals surface area contributed by atoms with Gasteiger partial charge in [-0.3, -0.25) is 15.3 Å². The fourth-order valence-corrected chi connectivity index (χ4v) is 4.30. The summed E-state index contributed by atoms with van der Waals surface area (Å²) in [5, 5.41) is 16.6. The molecule has 3 heterocycles. The zero-order valence-corrected chi connectivity index (χ0v) is 25.3. The molecule has 4 rings (SSSR count). The van der Waals surface area contributed by atoms with E-state index in [-0.39, 0.29) is 18.6 Å². The van der Waals surface area contributed by atoms with E-state index < -0.39 is 17.8 Å². The number of fused-ring (bicyclic) bond motifs is 3. The summed E-state index contributed by atoms with van der Waals surface area (Å²) in [4.78, 5) is 40.0. The lowest BCUT2D eigenvalue weighted by Crippen LogP contribution is -2.47. The van der Waals surface area contributed by atoms with E-state index in [4.69, 9.17) is 29.8 Å². The first-order valence-corrected chi connectivity index (χ1v) is 13.6. The van der Waals surface area contributed by atoms with E-state index in [0.717, 1.165) is 10.8 Å². The quantitative estimate of drug-likeness (QED) is 0.123. The smallest absolute Gasteiger partial charge is 0.434 e. The number of pyridine rings is 3. The van der Waals surface area contributed by atoms with Crippen LogP contribution in [0.15, 0.2) is 47.8 Å². The fourth-order valence-electron chi connectivity index (χ4n) is 4.30. The Bertz CT molecular complexity index is 1720. The maximum absolute atomic E-state index is 12.1. The minimum Gasteiger partial charge on any atom is -0.493 e. The molecule has 0 saturated heterocycles. The Balaban J connectivity index is 1.48. The third kappa shape index (κ3) is 7.91. The second kappa shape index (κ2) is 13.3. The first-order chi connectivity index (χ1) is 20.9. The number of rotatable bonds is 8. The summed E-state index contributed by atoms with van der Waals surface area (Å²) in [7, 11) is 3.14. The van der Waals surface area contributed by atoms with Gasteiger partial charge in [0.15, 0.2) is 11.5 Å². The second-order valence-electron chi connectivity index (χ2n) is 10.8. The number of aromatic nitrogens is 3. The average molecular weight is 606 g/mol. The second-order valence-corrected chi connectivity index (χ2v) is 10.8. The Morgan fingerprint density at radius 1 is 1.02 bits per heavy atom. The van der Waals surface area contributed by atoms with Crippen molar-refractivity contribution in [2.24, 2.45) is 4.99 Å². The van der Waals surface area contributed by atoms with Gasteiger partial charge in [0.05, 0.1) is 38.2 Å². The van der Waals surface area contributed by atoms with Crippen LogP contribution in [0.4, 0.5) is 15.4 Å². The molecule has 0 saturated carbocycles. The molecule has 0 bridgehead atoms. The number of alkyl carbamates (subject to hydrolysis) is 1. The molecule has 0 fully saturated rings. The van der Waals surface area contributed by atoms with Crippen molar-refractivity contribution >= 4 is 45.6 Å². The highest BCUT2D eigenvalue weighted by atomic mass is 16.6. The molecule has 3 aromatic heterocycles. The molecule has 0 aliphatic heterocycles. The van der Waals surface area contributed by atoms with Crippen LogP contribution < -0.4 is 30.6 Å². The number of nitrogen functional groups attached to an aromatic ring is 1. The van der Waals surface area contributed by atoms with Crippen LogP contribution in [0.5, 0.6) is 17.2 Å². The van der Waals surface area contributed by atoms with Crippen LogP contribution in [0.3, 0.4) is 0 Å². The summed E-state index contributed by atoms with van der Waals surface area (Å²) in [5.74, 6) is 1.69. The monoisotopic (exact) mass is 605 g/mol. The molecule has 5 N–H and O–H groups in total. The molecular formula is C30H35N7O7. The lowest BCUT2D eigenvalue weighted by molar-refractivity contribution is 0.0561. The van der Waals surface area contributed by atoms with Crippen molar-refractivity contribution in [3.05, 3.63) is 42.9 Å². The van der Waals surface area contributed by atoms with Crippen LogP contribution in [0, 0.1) is 0 Å². The Morgan fingerprint density at radius 3 is 2.43 bits per heavy atom. The fraction of sp³-hybridized carbons (Fsp3) is 0.333. The van der Waals surface area contributed by atoms with E-state index in [0.29, 0.717) is 51.6 Å². The summed E-state index contributed by atoms with van der Waals surface area (Å²) in [6.45, 7) is 7.11. The molecule has 1 unspecified atom stereocenters. The summed E-state index contributed by atoms with van der Waals surface area (Å²) in [6.07, 6.45) is 3.05. The van der Waals surface area contributed by atoms with Crippen LogP contribution >= 0.6 is 0 Å². The largest absolute Gasteiger partial charge is 0.493 e. The van der Waals surface area contributed by atoms with Crippen LogP contribution in [0.25, 0.3) is 32.9 Å². The van der Waals surface area contributed by atoms with Gasteiger partial charge in [-0.15, -0.1) is 4.99 Å². The van der Waals surface area contributed by atoms with Gasteiger partial charge in [-0.25, -0.2) is 14.6 Å². The lowest BCUT2D eigenvalue weighted by atomic mass is 10.0. The van der Waals surface area contributed by atoms with Gasteiger partial charge >= 0.3 is 12.2 Å². The van der Waals surface area contributed by atoms with Crippen molar-refractivity contribution in [3.63, 3.8) is 0 Å². The summed E-state index contributed by atoms with van der Waals surface area (Å²) in [6, 6.07) is 7.05. The number of anilines is 1. The predicted molar refractivity (Wildman–Crippen MR) is 165 cm³/mol. The lowest BCUT2D eigenvalue weighted by Gasteiger charge is -2.21. The molecule has 1 aromatic carbocycles. The van der Waals surface area contributed by atoms with Gasteiger partial charge in [-0.2, -0.15) is 0 Å². The molecule has 14 nitrogen and oxygen atoms in total. The molecule has 0 radical (unpaired) electrons. The number of methoxy groups -OCH3 is 2. The third-order valence-corrected chi connectivity index (χ3v) is 6.25. The number of amides is 2. The molecular weight excluding hydrogens is 570 g/mol. The number of guanidine groups is 1. The number of aliphatic imine (C=N–C) groups is 1. The van der Waals surface area contributed by atoms with Gasteiger partial charge in [0.2, 0.25) is 5.96 Å². The number of carbonyl (C=O) groups excluding carboxylic acids is 1. The normalized spacial score (nSPS) is 12.5. The predicted octanol–water partition coefficient (Wildman–Crippen LogP) is 4.75. The molecule has 44 heavy (non-hydrogen) atoms. The van der Waals surface area contributed by atoms with Crippen LogP contribution in [-0.2, 0) is 4.74 Å². The van der Waals surface area contributed by atoms with Crippen LogP contribution in [-0.4, -0.2) is 70.7 Å². The highest BCUT2D eigenvalue weighted by molar-refractivity contribution is 6.10. The Hall–Kier alpha value is -5.40. The van der Waals surface area contributed by atoms with Crippen molar-refractivity contribution < 1.29 is 33.6 Å². The van der Waals surface area contributed by atoms with Gasteiger partial charge in [-0.05, 0) is 51.3 Å². The van der Waals surface area contributed by atoms with Gasteiger partial charge in [-0.1, -0.05) is 0 Å². The van der Waals surface area contributed by atoms with Crippen molar-refractivity contribution in [2.75, 3.05) is 26.6 Å². The Morgan fingerprint density at radius 2 is 1.75 bits per heavy atom. The number of carbonyl (C=O) groups is 2. The topological polar surface area (TPSA) is 192 Å². The zero-order valence-electron chi connectivity index (χ0n) is 25.3. The van der Waals surface area contributed by atoms with Gasteiger partial charge in [0.25, 0.3) is 0 Å². The maximum Gasteiger partial charge on any atom is 0.434 e. The van der Waals surface area contributed by atoms with Crippen molar-refractivity contribution in [2.45, 2.75) is 45.8 Å². The van der Waals surface area contributed by atoms with E-state index in [1.807, 2.05) is 12.1 Å². The molecule has 0 aliphatic rings. The number of ether oxygens (including phenoxy) is 4. The molecule has 1 atom stereocenters. The van der Waals surface area contributed by atoms with Crippen LogP contribution in [0.2, 0.25) is 0 Å². The molecule has 2 amide bonds. The Labute approximate surface area is 253 Å². The van der Waals surface area contributed by atoms with E-state index in [1.54, 1.807) is 72.6 Å². The molecule has 4 aromatic rings. The summed E-state index contributed by atoms with van der Waals surface area (Å²) < 4.78 is 22.0. The van der Waals surface area contributed by atoms with Crippen molar-refractivity contribution in [3.8, 4) is 28.5 Å². The van der Waals surface area contributed by atoms with Gasteiger partial charge in [0.1, 0.15) is 17.2 Å². The molecule has 0 spiro atoms. The number of benzene rings is 1. The first-order valence-electron chi connectivity index (χ1n) is 13.6. The van der Waals surface area contributed by atoms with Gasteiger partial charge < -0.3 is 35.1 Å². The molecule has 14 heteroatoms. The SMILES string of the molecule is COc1cc2ncc3c(N)nc(-c4cncc(OCCC(C)NC(=NC(=O)O)NC(=O)OC(C)(C)C)c4)cc3c2cc1OC. The van der Waals surface area contributed by atoms with Gasteiger partial charge in [0, 0.05) is 47.3 Å². The highest BCUT2D eigenvalue weighted by Crippen LogP contribution is 2.37. The number of hydrogen-bond acceptors (Lipinski definition) is 10. The molecule has 232 valence electrons. The number of nitrogens with two attached hydrogens (primary N) is 1. The number of carboxylic acid groups (broad SMARTS) is 1. The number of hydrogen-bond donors (Lipinski definition) is 4. The number of nitrogens with one attached hydrogen (secondary N) is 2. The molecule has 0 aliphatic carbocycles. The highest BCUT2D eigenvalue weighted by Gasteiger charge is 2.19. The zero-order chi connectivity index (χ0) is 32.0. The Kier molecular flexibility index (Phi) is 9.51. The standard InChI is InChI=1S/C30H35N7O7/c1-16(34-27(36-28(38)39)37-29(40)44-30(2,3)4)7-8-43-18-9-17(13-32-14-18)22-10-19-20-11-24(41-5)25(42-6)12-23(20)33-15-21(19)26(31)35-22/h9-16H,7-8H2,1-6H3,(H2,31,35)(H,38,39)(H2,34,36,37,40). The first kappa shape index (κ1) is 31.5. The van der Waals surface area contributed by atoms with E-state index in [9.17, 15) is 9.59 Å². The van der Waals surface area contributed by atoms with Crippen LogP contribution in [0.1, 0.15) is 34.1 Å². The van der Waals surface area contributed by atoms with E-state index in [2.05, 4.69) is 30.6 Å². The van der Waals surface area contributed by atoms with Crippen molar-refractivity contribution in [1.29, 1.82) is 0 Å². The maximum atomic E-state index is 12.1. The third-order valence-electron chi connectivity index (χ3n) is 6.25. The van der Waals surface area contributed by atoms with E-state index >= 15 is 0 Å². The minimum atomic E-state index is -1.47. The van der Waals surface area contributed by atoms with E-state index in [1.165, 1.54) is 0 Å². The minimum absolute atomic E-state index is 0.247.